The molecule has 0 fully saturated rings. The van der Waals surface area contributed by atoms with E-state index >= 15 is 0 Å². The molecular formula is C25H25N5O2. The van der Waals surface area contributed by atoms with Crippen molar-refractivity contribution < 1.29 is 4.79 Å². The second kappa shape index (κ2) is 8.63. The number of rotatable bonds is 6. The van der Waals surface area contributed by atoms with Crippen LogP contribution in [-0.4, -0.2) is 25.1 Å². The van der Waals surface area contributed by atoms with Crippen LogP contribution in [0, 0.1) is 20.8 Å². The Labute approximate surface area is 186 Å². The molecule has 32 heavy (non-hydrogen) atoms. The van der Waals surface area contributed by atoms with Gasteiger partial charge in [-0.1, -0.05) is 42.5 Å². The number of anilines is 1. The van der Waals surface area contributed by atoms with Crippen LogP contribution in [0.15, 0.2) is 66.0 Å². The van der Waals surface area contributed by atoms with Crippen LogP contribution in [0.4, 0.5) is 5.69 Å². The summed E-state index contributed by atoms with van der Waals surface area (Å²) >= 11 is 0. The van der Waals surface area contributed by atoms with Crippen molar-refractivity contribution in [1.29, 1.82) is 0 Å². The number of aromatic nitrogens is 4. The molecule has 1 N–H and O–H groups in total. The van der Waals surface area contributed by atoms with Gasteiger partial charge < -0.3 is 9.88 Å². The molecule has 0 saturated carbocycles. The molecule has 0 aliphatic rings. The maximum Gasteiger partial charge on any atom is 0.279 e. The molecule has 2 aromatic heterocycles. The number of nitrogens with one attached hydrogen (secondary N) is 1. The third-order valence-corrected chi connectivity index (χ3v) is 5.31. The molecule has 0 aliphatic heterocycles. The van der Waals surface area contributed by atoms with Crippen molar-refractivity contribution in [3.8, 4) is 11.4 Å². The minimum absolute atomic E-state index is 0.0642. The lowest BCUT2D eigenvalue weighted by atomic mass is 10.1. The Hall–Kier alpha value is -4.00. The number of hydrogen-bond donors (Lipinski definition) is 1. The van der Waals surface area contributed by atoms with Crippen LogP contribution in [0.5, 0.6) is 0 Å². The van der Waals surface area contributed by atoms with Crippen LogP contribution in [0.25, 0.3) is 17.2 Å². The molecule has 0 saturated heterocycles. The fourth-order valence-electron chi connectivity index (χ4n) is 3.88. The smallest absolute Gasteiger partial charge is 0.279 e. The number of amides is 1. The highest BCUT2D eigenvalue weighted by molar-refractivity contribution is 5.92. The topological polar surface area (TPSA) is 81.3 Å². The van der Waals surface area contributed by atoms with Gasteiger partial charge in [0.25, 0.3) is 5.56 Å². The zero-order valence-electron chi connectivity index (χ0n) is 18.4. The molecule has 0 atom stereocenters. The molecule has 0 aliphatic carbocycles. The first-order valence-electron chi connectivity index (χ1n) is 10.4. The maximum atomic E-state index is 13.3. The Balaban J connectivity index is 1.76. The quantitative estimate of drug-likeness (QED) is 0.474. The molecule has 1 amide bonds. The van der Waals surface area contributed by atoms with Crippen LogP contribution in [0.1, 0.15) is 22.4 Å². The van der Waals surface area contributed by atoms with Gasteiger partial charge >= 0.3 is 0 Å². The lowest BCUT2D eigenvalue weighted by Crippen LogP contribution is -2.29. The van der Waals surface area contributed by atoms with Gasteiger partial charge in [0, 0.05) is 29.1 Å². The lowest BCUT2D eigenvalue weighted by molar-refractivity contribution is -0.115. The predicted molar refractivity (Wildman–Crippen MR) is 126 cm³/mol. The first-order chi connectivity index (χ1) is 15.4. The van der Waals surface area contributed by atoms with E-state index in [9.17, 15) is 9.59 Å². The van der Waals surface area contributed by atoms with E-state index in [1.165, 1.54) is 4.52 Å². The summed E-state index contributed by atoms with van der Waals surface area (Å²) in [4.78, 5) is 30.7. The summed E-state index contributed by atoms with van der Waals surface area (Å²) in [6.07, 6.45) is 1.67. The van der Waals surface area contributed by atoms with Crippen molar-refractivity contribution in [3.05, 3.63) is 93.9 Å². The monoisotopic (exact) mass is 427 g/mol. The first kappa shape index (κ1) is 21.2. The van der Waals surface area contributed by atoms with E-state index in [1.807, 2.05) is 73.9 Å². The molecule has 4 aromatic rings. The Bertz CT molecular complexity index is 1360. The van der Waals surface area contributed by atoms with E-state index in [1.54, 1.807) is 6.08 Å². The van der Waals surface area contributed by atoms with Crippen molar-refractivity contribution in [3.63, 3.8) is 0 Å². The lowest BCUT2D eigenvalue weighted by Gasteiger charge is -2.14. The number of carbonyl (C=O) groups excluding carboxylic acids is 1. The number of aryl methyl sites for hydroxylation is 2. The van der Waals surface area contributed by atoms with Crippen LogP contribution < -0.4 is 10.9 Å². The molecular weight excluding hydrogens is 402 g/mol. The van der Waals surface area contributed by atoms with Crippen LogP contribution in [0.3, 0.4) is 0 Å². The van der Waals surface area contributed by atoms with E-state index in [-0.39, 0.29) is 17.9 Å². The Morgan fingerprint density at radius 3 is 2.44 bits per heavy atom. The fourth-order valence-corrected chi connectivity index (χ4v) is 3.88. The number of allylic oxidation sites excluding steroid dienone is 1. The number of hydrogen-bond acceptors (Lipinski definition) is 4. The summed E-state index contributed by atoms with van der Waals surface area (Å²) in [6.45, 7) is 10.0. The van der Waals surface area contributed by atoms with Crippen molar-refractivity contribution in [2.75, 3.05) is 5.32 Å². The average Bonchev–Trinajstić information content (AvgIpc) is 3.20. The third kappa shape index (κ3) is 4.09. The molecule has 162 valence electrons. The summed E-state index contributed by atoms with van der Waals surface area (Å²) in [5, 5.41) is 7.35. The number of carbonyl (C=O) groups is 1. The van der Waals surface area contributed by atoms with E-state index in [2.05, 4.69) is 22.0 Å². The molecule has 7 nitrogen and oxygen atoms in total. The molecule has 0 spiro atoms. The molecule has 0 bridgehead atoms. The molecule has 4 rings (SSSR count). The molecule has 7 heteroatoms. The minimum atomic E-state index is -0.344. The highest BCUT2D eigenvalue weighted by Crippen LogP contribution is 2.18. The van der Waals surface area contributed by atoms with Gasteiger partial charge in [-0.2, -0.15) is 9.50 Å². The summed E-state index contributed by atoms with van der Waals surface area (Å²) < 4.78 is 3.13. The summed E-state index contributed by atoms with van der Waals surface area (Å²) in [6, 6.07) is 15.3. The largest absolute Gasteiger partial charge is 0.326 e. The summed E-state index contributed by atoms with van der Waals surface area (Å²) in [7, 11) is 0. The van der Waals surface area contributed by atoms with Gasteiger partial charge in [0.2, 0.25) is 11.7 Å². The third-order valence-electron chi connectivity index (χ3n) is 5.31. The van der Waals surface area contributed by atoms with Gasteiger partial charge in [0.05, 0.1) is 6.42 Å². The van der Waals surface area contributed by atoms with E-state index in [0.29, 0.717) is 35.1 Å². The molecule has 2 aromatic carbocycles. The SMILES string of the molecule is C=CCn1c(C)c(CC(=O)Nc2cc(C)cc(C)c2)c(=O)n2nc(-c3ccccc3)nc12. The number of fused-ring (bicyclic) bond motifs is 1. The average molecular weight is 428 g/mol. The zero-order valence-corrected chi connectivity index (χ0v) is 18.4. The van der Waals surface area contributed by atoms with Crippen molar-refractivity contribution in [1.82, 2.24) is 19.2 Å². The molecule has 2 heterocycles. The summed E-state index contributed by atoms with van der Waals surface area (Å²) in [5.74, 6) is 0.615. The Kier molecular flexibility index (Phi) is 5.73. The van der Waals surface area contributed by atoms with Crippen molar-refractivity contribution in [2.24, 2.45) is 0 Å². The summed E-state index contributed by atoms with van der Waals surface area (Å²) in [5.41, 5.74) is 4.35. The van der Waals surface area contributed by atoms with Gasteiger partial charge in [-0.3, -0.25) is 9.59 Å². The van der Waals surface area contributed by atoms with Gasteiger partial charge in [0.15, 0.2) is 5.82 Å². The van der Waals surface area contributed by atoms with Gasteiger partial charge in [-0.15, -0.1) is 11.7 Å². The maximum absolute atomic E-state index is 13.3. The second-order valence-corrected chi connectivity index (χ2v) is 7.88. The normalized spacial score (nSPS) is 11.0. The van der Waals surface area contributed by atoms with Crippen LogP contribution in [0.2, 0.25) is 0 Å². The second-order valence-electron chi connectivity index (χ2n) is 7.88. The van der Waals surface area contributed by atoms with E-state index in [0.717, 1.165) is 16.7 Å². The van der Waals surface area contributed by atoms with Crippen LogP contribution >= 0.6 is 0 Å². The Morgan fingerprint density at radius 1 is 1.09 bits per heavy atom. The van der Waals surface area contributed by atoms with Crippen molar-refractivity contribution >= 4 is 17.4 Å². The first-order valence-corrected chi connectivity index (χ1v) is 10.4. The van der Waals surface area contributed by atoms with Gasteiger partial charge in [-0.05, 0) is 44.0 Å². The predicted octanol–water partition coefficient (Wildman–Crippen LogP) is 3.85. The van der Waals surface area contributed by atoms with E-state index in [4.69, 9.17) is 0 Å². The Morgan fingerprint density at radius 2 is 1.78 bits per heavy atom. The zero-order chi connectivity index (χ0) is 22.8. The fraction of sp³-hybridized carbons (Fsp3) is 0.200. The van der Waals surface area contributed by atoms with Crippen molar-refractivity contribution in [2.45, 2.75) is 33.7 Å². The number of nitrogens with zero attached hydrogens (tertiary/aromatic N) is 4. The van der Waals surface area contributed by atoms with Crippen LogP contribution in [-0.2, 0) is 17.8 Å². The standard InChI is InChI=1S/C25H25N5O2/c1-5-11-29-18(4)21(15-22(31)26-20-13-16(2)12-17(3)14-20)24(32)30-25(29)27-23(28-30)19-9-7-6-8-10-19/h5-10,12-14H,1,11,15H2,2-4H3,(H,26,31). The van der Waals surface area contributed by atoms with Gasteiger partial charge in [0.1, 0.15) is 0 Å². The highest BCUT2D eigenvalue weighted by Gasteiger charge is 2.20. The molecule has 0 unspecified atom stereocenters. The van der Waals surface area contributed by atoms with E-state index < -0.39 is 0 Å². The molecule has 0 radical (unpaired) electrons. The van der Waals surface area contributed by atoms with Gasteiger partial charge in [-0.25, -0.2) is 0 Å². The number of benzene rings is 2. The highest BCUT2D eigenvalue weighted by atomic mass is 16.2. The minimum Gasteiger partial charge on any atom is -0.326 e.